The van der Waals surface area contributed by atoms with Crippen LogP contribution in [-0.4, -0.2) is 10.8 Å². The summed E-state index contributed by atoms with van der Waals surface area (Å²) in [6.45, 7) is -0.146. The molecule has 1 amide bonds. The Bertz CT molecular complexity index is 796. The average Bonchev–Trinajstić information content (AvgIpc) is 2.49. The van der Waals surface area contributed by atoms with E-state index in [1.165, 1.54) is 24.3 Å². The Balaban J connectivity index is 2.29. The molecule has 0 aromatic heterocycles. The van der Waals surface area contributed by atoms with Crippen molar-refractivity contribution in [1.82, 2.24) is 0 Å². The second-order valence-corrected chi connectivity index (χ2v) is 5.67. The fourth-order valence-electron chi connectivity index (χ4n) is 1.78. The summed E-state index contributed by atoms with van der Waals surface area (Å²) in [6.07, 6.45) is 0. The lowest BCUT2D eigenvalue weighted by atomic mass is 10.1. The minimum absolute atomic E-state index is 0.0352. The number of halogens is 3. The highest BCUT2D eigenvalue weighted by molar-refractivity contribution is 6.43. The first-order valence-electron chi connectivity index (χ1n) is 6.14. The molecule has 120 valence electrons. The van der Waals surface area contributed by atoms with Crippen LogP contribution in [0.2, 0.25) is 15.1 Å². The number of hydrogen-bond donors (Lipinski definition) is 1. The van der Waals surface area contributed by atoms with Crippen molar-refractivity contribution >= 4 is 46.4 Å². The number of nitrogens with zero attached hydrogens (tertiary/aromatic N) is 1. The predicted molar refractivity (Wildman–Crippen MR) is 87.4 cm³/mol. The Morgan fingerprint density at radius 1 is 1.13 bits per heavy atom. The smallest absolute Gasteiger partial charge is 0.276 e. The third kappa shape index (κ3) is 4.04. The number of ether oxygens (including phenoxy) is 1. The standard InChI is InChI=1S/C14H9Cl3N2O4/c15-9-4-11(17)13(5-10(9)16)23-6-8-2-1-7(14(18)20)3-12(8)19(21)22/h1-5H,6H2,(H2,18,20). The van der Waals surface area contributed by atoms with Crippen LogP contribution < -0.4 is 10.5 Å². The normalized spacial score (nSPS) is 10.4. The maximum atomic E-state index is 11.1. The summed E-state index contributed by atoms with van der Waals surface area (Å²) in [5.41, 5.74) is 5.12. The van der Waals surface area contributed by atoms with E-state index >= 15 is 0 Å². The molecule has 0 saturated carbocycles. The molecular weight excluding hydrogens is 367 g/mol. The maximum Gasteiger partial charge on any atom is 0.276 e. The van der Waals surface area contributed by atoms with Crippen molar-refractivity contribution in [2.75, 3.05) is 0 Å². The Labute approximate surface area is 145 Å². The van der Waals surface area contributed by atoms with Crippen molar-refractivity contribution < 1.29 is 14.5 Å². The Morgan fingerprint density at radius 3 is 2.39 bits per heavy atom. The highest BCUT2D eigenvalue weighted by Crippen LogP contribution is 2.34. The summed E-state index contributed by atoms with van der Waals surface area (Å²) in [7, 11) is 0. The van der Waals surface area contributed by atoms with Gasteiger partial charge in [0.15, 0.2) is 0 Å². The lowest BCUT2D eigenvalue weighted by molar-refractivity contribution is -0.385. The molecule has 0 aliphatic rings. The first-order chi connectivity index (χ1) is 10.8. The fourth-order valence-corrected chi connectivity index (χ4v) is 2.37. The highest BCUT2D eigenvalue weighted by atomic mass is 35.5. The van der Waals surface area contributed by atoms with Crippen molar-refractivity contribution in [2.45, 2.75) is 6.61 Å². The molecule has 0 fully saturated rings. The van der Waals surface area contributed by atoms with Crippen molar-refractivity contribution in [3.05, 3.63) is 66.6 Å². The van der Waals surface area contributed by atoms with Gasteiger partial charge in [0.25, 0.3) is 5.69 Å². The van der Waals surface area contributed by atoms with E-state index in [1.54, 1.807) is 0 Å². The molecule has 6 nitrogen and oxygen atoms in total. The minimum Gasteiger partial charge on any atom is -0.487 e. The zero-order valence-electron chi connectivity index (χ0n) is 11.4. The molecule has 23 heavy (non-hydrogen) atoms. The molecule has 0 bridgehead atoms. The first-order valence-corrected chi connectivity index (χ1v) is 7.27. The van der Waals surface area contributed by atoms with Crippen LogP contribution >= 0.6 is 34.8 Å². The third-order valence-corrected chi connectivity index (χ3v) is 3.94. The summed E-state index contributed by atoms with van der Waals surface area (Å²) in [6, 6.07) is 6.69. The van der Waals surface area contributed by atoms with Crippen molar-refractivity contribution in [3.63, 3.8) is 0 Å². The van der Waals surface area contributed by atoms with E-state index in [1.807, 2.05) is 0 Å². The largest absolute Gasteiger partial charge is 0.487 e. The van der Waals surface area contributed by atoms with E-state index in [0.717, 1.165) is 6.07 Å². The van der Waals surface area contributed by atoms with Crippen molar-refractivity contribution in [1.29, 1.82) is 0 Å². The average molecular weight is 376 g/mol. The number of nitro benzene ring substituents is 1. The van der Waals surface area contributed by atoms with Gasteiger partial charge in [-0.3, -0.25) is 14.9 Å². The van der Waals surface area contributed by atoms with Gasteiger partial charge in [0, 0.05) is 17.7 Å². The SMILES string of the molecule is NC(=O)c1ccc(COc2cc(Cl)c(Cl)cc2Cl)c([N+](=O)[O-])c1. The fraction of sp³-hybridized carbons (Fsp3) is 0.0714. The van der Waals surface area contributed by atoms with Crippen molar-refractivity contribution in [3.8, 4) is 5.75 Å². The number of nitro groups is 1. The van der Waals surface area contributed by atoms with Gasteiger partial charge in [-0.25, -0.2) is 0 Å². The number of amides is 1. The van der Waals surface area contributed by atoms with Crippen molar-refractivity contribution in [2.24, 2.45) is 5.73 Å². The number of primary amides is 1. The van der Waals surface area contributed by atoms with Gasteiger partial charge in [-0.15, -0.1) is 0 Å². The monoisotopic (exact) mass is 374 g/mol. The molecule has 0 unspecified atom stereocenters. The van der Waals surface area contributed by atoms with Crippen LogP contribution in [0.4, 0.5) is 5.69 Å². The van der Waals surface area contributed by atoms with Crippen LogP contribution in [-0.2, 0) is 6.61 Å². The topological polar surface area (TPSA) is 95.5 Å². The van der Waals surface area contributed by atoms with Gasteiger partial charge in [-0.1, -0.05) is 34.8 Å². The highest BCUT2D eigenvalue weighted by Gasteiger charge is 2.17. The Kier molecular flexibility index (Phi) is 5.30. The third-order valence-electron chi connectivity index (χ3n) is 2.92. The summed E-state index contributed by atoms with van der Waals surface area (Å²) >= 11 is 17.7. The Morgan fingerprint density at radius 2 is 1.78 bits per heavy atom. The predicted octanol–water partition coefficient (Wildman–Crippen LogP) is 4.23. The van der Waals surface area contributed by atoms with Crippen LogP contribution in [0.1, 0.15) is 15.9 Å². The number of nitrogens with two attached hydrogens (primary N) is 1. The molecule has 0 saturated heterocycles. The van der Waals surface area contributed by atoms with E-state index in [0.29, 0.717) is 0 Å². The zero-order chi connectivity index (χ0) is 17.1. The van der Waals surface area contributed by atoms with E-state index in [4.69, 9.17) is 45.3 Å². The summed E-state index contributed by atoms with van der Waals surface area (Å²) < 4.78 is 5.45. The van der Waals surface area contributed by atoms with E-state index in [-0.39, 0.29) is 44.2 Å². The number of hydrogen-bond acceptors (Lipinski definition) is 4. The van der Waals surface area contributed by atoms with Crippen LogP contribution in [0.5, 0.6) is 5.75 Å². The van der Waals surface area contributed by atoms with Gasteiger partial charge in [0.2, 0.25) is 5.91 Å². The van der Waals surface area contributed by atoms with E-state index < -0.39 is 10.8 Å². The van der Waals surface area contributed by atoms with Crippen LogP contribution in [0.3, 0.4) is 0 Å². The quantitative estimate of drug-likeness (QED) is 0.480. The van der Waals surface area contributed by atoms with Gasteiger partial charge in [0.05, 0.1) is 25.6 Å². The van der Waals surface area contributed by atoms with E-state index in [9.17, 15) is 14.9 Å². The summed E-state index contributed by atoms with van der Waals surface area (Å²) in [5, 5.41) is 11.8. The molecule has 0 aliphatic carbocycles. The molecule has 0 heterocycles. The second-order valence-electron chi connectivity index (χ2n) is 4.45. The minimum atomic E-state index is -0.756. The lowest BCUT2D eigenvalue weighted by Gasteiger charge is -2.10. The zero-order valence-corrected chi connectivity index (χ0v) is 13.7. The molecule has 9 heteroatoms. The molecule has 2 aromatic carbocycles. The second kappa shape index (κ2) is 7.04. The lowest BCUT2D eigenvalue weighted by Crippen LogP contribution is -2.12. The Hall–Kier alpha value is -2.02. The van der Waals surface area contributed by atoms with Gasteiger partial charge < -0.3 is 10.5 Å². The molecule has 0 atom stereocenters. The summed E-state index contributed by atoms with van der Waals surface area (Å²) in [4.78, 5) is 21.6. The molecule has 2 N–H and O–H groups in total. The van der Waals surface area contributed by atoms with Gasteiger partial charge >= 0.3 is 0 Å². The van der Waals surface area contributed by atoms with Gasteiger partial charge in [-0.2, -0.15) is 0 Å². The number of rotatable bonds is 5. The van der Waals surface area contributed by atoms with E-state index in [2.05, 4.69) is 0 Å². The molecule has 0 aliphatic heterocycles. The van der Waals surface area contributed by atoms with Crippen LogP contribution in [0.15, 0.2) is 30.3 Å². The molecule has 0 radical (unpaired) electrons. The maximum absolute atomic E-state index is 11.1. The number of benzene rings is 2. The van der Waals surface area contributed by atoms with Gasteiger partial charge in [0.1, 0.15) is 12.4 Å². The number of carbonyl (C=O) groups is 1. The molecule has 2 aromatic rings. The molecular formula is C14H9Cl3N2O4. The van der Waals surface area contributed by atoms with Gasteiger partial charge in [-0.05, 0) is 18.2 Å². The first kappa shape index (κ1) is 17.3. The van der Waals surface area contributed by atoms with Crippen LogP contribution in [0.25, 0.3) is 0 Å². The molecule has 0 spiro atoms. The molecule has 2 rings (SSSR count). The van der Waals surface area contributed by atoms with Crippen LogP contribution in [0, 0.1) is 10.1 Å². The number of carbonyl (C=O) groups excluding carboxylic acids is 1. The summed E-state index contributed by atoms with van der Waals surface area (Å²) in [5.74, 6) is -0.526.